The van der Waals surface area contributed by atoms with E-state index in [1.807, 2.05) is 0 Å². The first kappa shape index (κ1) is 14.4. The minimum absolute atomic E-state index is 0.799. The Balaban J connectivity index is 3.39. The molecule has 0 bridgehead atoms. The maximum absolute atomic E-state index is 5.53. The van der Waals surface area contributed by atoms with E-state index in [-0.39, 0.29) is 0 Å². The third kappa shape index (κ3) is 11.4. The number of hydrogen-bond acceptors (Lipinski definition) is 1. The normalized spacial score (nSPS) is 11.8. The molecule has 0 heterocycles. The molecule has 0 aromatic carbocycles. The van der Waals surface area contributed by atoms with Gasteiger partial charge in [0.2, 0.25) is 0 Å². The Morgan fingerprint density at radius 3 is 2.60 bits per heavy atom. The summed E-state index contributed by atoms with van der Waals surface area (Å²) in [4.78, 5) is 0. The standard InChI is InChI=1S/C14H26O/c1-5-6-11-15-12-14(4)10-8-7-9-13(2)3/h10H,2,5-9,11-12H2,1,3-4H3. The summed E-state index contributed by atoms with van der Waals surface area (Å²) < 4.78 is 5.53. The van der Waals surface area contributed by atoms with E-state index in [9.17, 15) is 0 Å². The lowest BCUT2D eigenvalue weighted by Crippen LogP contribution is -1.97. The second kappa shape index (κ2) is 9.97. The van der Waals surface area contributed by atoms with Crippen LogP contribution in [0.5, 0.6) is 0 Å². The van der Waals surface area contributed by atoms with Gasteiger partial charge in [-0.1, -0.05) is 30.6 Å². The van der Waals surface area contributed by atoms with Crippen molar-refractivity contribution in [3.63, 3.8) is 0 Å². The lowest BCUT2D eigenvalue weighted by atomic mass is 10.1. The second-order valence-electron chi connectivity index (χ2n) is 4.31. The summed E-state index contributed by atoms with van der Waals surface area (Å²) in [5, 5.41) is 0. The van der Waals surface area contributed by atoms with Crippen molar-refractivity contribution in [2.24, 2.45) is 0 Å². The zero-order chi connectivity index (χ0) is 11.5. The summed E-state index contributed by atoms with van der Waals surface area (Å²) in [5.41, 5.74) is 2.63. The van der Waals surface area contributed by atoms with Crippen LogP contribution in [0.2, 0.25) is 0 Å². The van der Waals surface area contributed by atoms with Crippen molar-refractivity contribution in [3.8, 4) is 0 Å². The molecular formula is C14H26O. The van der Waals surface area contributed by atoms with Gasteiger partial charge in [0.05, 0.1) is 6.61 Å². The first-order valence-electron chi connectivity index (χ1n) is 6.04. The Kier molecular flexibility index (Phi) is 9.60. The van der Waals surface area contributed by atoms with E-state index < -0.39 is 0 Å². The number of rotatable bonds is 9. The van der Waals surface area contributed by atoms with Gasteiger partial charge in [-0.05, 0) is 39.5 Å². The summed E-state index contributed by atoms with van der Waals surface area (Å²) >= 11 is 0. The minimum Gasteiger partial charge on any atom is -0.377 e. The predicted octanol–water partition coefficient (Wildman–Crippen LogP) is 4.50. The van der Waals surface area contributed by atoms with Crippen LogP contribution in [-0.4, -0.2) is 13.2 Å². The lowest BCUT2D eigenvalue weighted by molar-refractivity contribution is 0.152. The van der Waals surface area contributed by atoms with Gasteiger partial charge in [0.25, 0.3) is 0 Å². The lowest BCUT2D eigenvalue weighted by Gasteiger charge is -2.03. The van der Waals surface area contributed by atoms with Gasteiger partial charge in [0, 0.05) is 6.61 Å². The molecule has 0 radical (unpaired) electrons. The zero-order valence-corrected chi connectivity index (χ0v) is 10.6. The number of unbranched alkanes of at least 4 members (excludes halogenated alkanes) is 2. The molecule has 0 aliphatic heterocycles. The third-order valence-corrected chi connectivity index (χ3v) is 2.27. The Morgan fingerprint density at radius 1 is 1.27 bits per heavy atom. The second-order valence-corrected chi connectivity index (χ2v) is 4.31. The molecule has 0 aliphatic carbocycles. The van der Waals surface area contributed by atoms with E-state index >= 15 is 0 Å². The van der Waals surface area contributed by atoms with Gasteiger partial charge in [-0.2, -0.15) is 0 Å². The van der Waals surface area contributed by atoms with Crippen molar-refractivity contribution >= 4 is 0 Å². The molecule has 0 aliphatic rings. The molecule has 0 atom stereocenters. The van der Waals surface area contributed by atoms with Crippen molar-refractivity contribution in [1.29, 1.82) is 0 Å². The predicted molar refractivity (Wildman–Crippen MR) is 68.1 cm³/mol. The number of allylic oxidation sites excluding steroid dienone is 2. The van der Waals surface area contributed by atoms with Crippen molar-refractivity contribution in [2.45, 2.75) is 52.9 Å². The van der Waals surface area contributed by atoms with Crippen LogP contribution in [0.15, 0.2) is 23.8 Å². The number of ether oxygens (including phenoxy) is 1. The molecule has 1 heteroatoms. The molecule has 0 aromatic rings. The van der Waals surface area contributed by atoms with Crippen molar-refractivity contribution < 1.29 is 4.74 Å². The smallest absolute Gasteiger partial charge is 0.0674 e. The Hall–Kier alpha value is -0.560. The monoisotopic (exact) mass is 210 g/mol. The van der Waals surface area contributed by atoms with Crippen LogP contribution < -0.4 is 0 Å². The average molecular weight is 210 g/mol. The molecule has 0 unspecified atom stereocenters. The molecule has 1 nitrogen and oxygen atoms in total. The summed E-state index contributed by atoms with van der Waals surface area (Å²) in [6.45, 7) is 12.0. The van der Waals surface area contributed by atoms with Crippen LogP contribution >= 0.6 is 0 Å². The van der Waals surface area contributed by atoms with Crippen LogP contribution in [0.4, 0.5) is 0 Å². The highest BCUT2D eigenvalue weighted by Gasteiger charge is 1.91. The Morgan fingerprint density at radius 2 is 2.00 bits per heavy atom. The van der Waals surface area contributed by atoms with E-state index in [1.165, 1.54) is 30.4 Å². The van der Waals surface area contributed by atoms with Crippen LogP contribution in [0, 0.1) is 0 Å². The van der Waals surface area contributed by atoms with E-state index in [0.717, 1.165) is 26.1 Å². The zero-order valence-electron chi connectivity index (χ0n) is 10.6. The summed E-state index contributed by atoms with van der Waals surface area (Å²) in [7, 11) is 0. The minimum atomic E-state index is 0.799. The van der Waals surface area contributed by atoms with Crippen LogP contribution in [0.25, 0.3) is 0 Å². The van der Waals surface area contributed by atoms with Gasteiger partial charge >= 0.3 is 0 Å². The summed E-state index contributed by atoms with van der Waals surface area (Å²) in [5.74, 6) is 0. The van der Waals surface area contributed by atoms with Crippen molar-refractivity contribution in [1.82, 2.24) is 0 Å². The molecule has 0 spiro atoms. The number of hydrogen-bond donors (Lipinski definition) is 0. The summed E-state index contributed by atoms with van der Waals surface area (Å²) in [6, 6.07) is 0. The molecule has 0 aromatic heterocycles. The van der Waals surface area contributed by atoms with Gasteiger partial charge < -0.3 is 4.74 Å². The first-order chi connectivity index (χ1) is 7.16. The van der Waals surface area contributed by atoms with Gasteiger partial charge in [-0.25, -0.2) is 0 Å². The highest BCUT2D eigenvalue weighted by Crippen LogP contribution is 2.06. The molecule has 15 heavy (non-hydrogen) atoms. The fourth-order valence-corrected chi connectivity index (χ4v) is 1.29. The van der Waals surface area contributed by atoms with Crippen LogP contribution in [0.1, 0.15) is 52.9 Å². The highest BCUT2D eigenvalue weighted by atomic mass is 16.5. The molecule has 0 N–H and O–H groups in total. The highest BCUT2D eigenvalue weighted by molar-refractivity contribution is 4.98. The topological polar surface area (TPSA) is 9.23 Å². The molecule has 0 amide bonds. The van der Waals surface area contributed by atoms with Gasteiger partial charge in [-0.3, -0.25) is 0 Å². The maximum Gasteiger partial charge on any atom is 0.0674 e. The Labute approximate surface area is 95.2 Å². The molecule has 0 saturated carbocycles. The SMILES string of the molecule is C=C(C)CCCC=C(C)COCCCC. The summed E-state index contributed by atoms with van der Waals surface area (Å²) in [6.07, 6.45) is 8.16. The van der Waals surface area contributed by atoms with Crippen molar-refractivity contribution in [2.75, 3.05) is 13.2 Å². The third-order valence-electron chi connectivity index (χ3n) is 2.27. The molecule has 0 rings (SSSR count). The average Bonchev–Trinajstić information content (AvgIpc) is 2.19. The molecule has 88 valence electrons. The van der Waals surface area contributed by atoms with Crippen LogP contribution in [0.3, 0.4) is 0 Å². The fraction of sp³-hybridized carbons (Fsp3) is 0.714. The van der Waals surface area contributed by atoms with Crippen molar-refractivity contribution in [3.05, 3.63) is 23.8 Å². The van der Waals surface area contributed by atoms with Crippen LogP contribution in [-0.2, 0) is 4.74 Å². The van der Waals surface area contributed by atoms with E-state index in [0.29, 0.717) is 0 Å². The van der Waals surface area contributed by atoms with E-state index in [1.54, 1.807) is 0 Å². The quantitative estimate of drug-likeness (QED) is 0.402. The molecular weight excluding hydrogens is 184 g/mol. The fourth-order valence-electron chi connectivity index (χ4n) is 1.29. The van der Waals surface area contributed by atoms with Gasteiger partial charge in [-0.15, -0.1) is 6.58 Å². The maximum atomic E-state index is 5.53. The van der Waals surface area contributed by atoms with Gasteiger partial charge in [0.15, 0.2) is 0 Å². The van der Waals surface area contributed by atoms with Gasteiger partial charge in [0.1, 0.15) is 0 Å². The Bertz CT molecular complexity index is 192. The van der Waals surface area contributed by atoms with E-state index in [4.69, 9.17) is 4.74 Å². The molecule has 0 saturated heterocycles. The molecule has 0 fully saturated rings. The first-order valence-corrected chi connectivity index (χ1v) is 6.04. The van der Waals surface area contributed by atoms with E-state index in [2.05, 4.69) is 33.4 Å². The largest absolute Gasteiger partial charge is 0.377 e.